The van der Waals surface area contributed by atoms with Crippen molar-refractivity contribution < 1.29 is 0 Å². The molecule has 13 heavy (non-hydrogen) atoms. The second-order valence-electron chi connectivity index (χ2n) is 3.65. The molecule has 0 aliphatic heterocycles. The van der Waals surface area contributed by atoms with Crippen molar-refractivity contribution in [2.24, 2.45) is 5.92 Å². The van der Waals surface area contributed by atoms with E-state index in [4.69, 9.17) is 0 Å². The first-order valence-electron chi connectivity index (χ1n) is 5.83. The van der Waals surface area contributed by atoms with Crippen LogP contribution in [0.15, 0.2) is 0 Å². The Balaban J connectivity index is 3.37. The maximum atomic E-state index is 3.35. The third-order valence-corrected chi connectivity index (χ3v) is 2.45. The summed E-state index contributed by atoms with van der Waals surface area (Å²) in [6, 6.07) is 0. The smallest absolute Gasteiger partial charge is 0.0197 e. The van der Waals surface area contributed by atoms with Gasteiger partial charge in [0.1, 0.15) is 0 Å². The minimum Gasteiger partial charge on any atom is -0.103 e. The van der Waals surface area contributed by atoms with Gasteiger partial charge in [-0.3, -0.25) is 0 Å². The van der Waals surface area contributed by atoms with Crippen LogP contribution in [0.5, 0.6) is 0 Å². The van der Waals surface area contributed by atoms with E-state index >= 15 is 0 Å². The molecular weight excluding hydrogens is 156 g/mol. The fourth-order valence-electron chi connectivity index (χ4n) is 1.35. The molecule has 0 bridgehead atoms. The third-order valence-electron chi connectivity index (χ3n) is 2.45. The molecule has 76 valence electrons. The van der Waals surface area contributed by atoms with Crippen molar-refractivity contribution in [1.29, 1.82) is 0 Å². The Morgan fingerprint density at radius 1 is 0.923 bits per heavy atom. The molecule has 0 saturated carbocycles. The molecule has 0 nitrogen and oxygen atoms in total. The zero-order valence-corrected chi connectivity index (χ0v) is 9.53. The van der Waals surface area contributed by atoms with E-state index in [0.29, 0.717) is 5.92 Å². The van der Waals surface area contributed by atoms with Crippen LogP contribution < -0.4 is 0 Å². The Morgan fingerprint density at radius 2 is 1.62 bits per heavy atom. The van der Waals surface area contributed by atoms with Crippen molar-refractivity contribution in [3.05, 3.63) is 0 Å². The molecule has 0 heteroatoms. The first kappa shape index (κ1) is 12.6. The van der Waals surface area contributed by atoms with Crippen LogP contribution in [0.1, 0.15) is 65.7 Å². The van der Waals surface area contributed by atoms with Crippen LogP contribution in [0.4, 0.5) is 0 Å². The van der Waals surface area contributed by atoms with E-state index in [0.717, 1.165) is 6.42 Å². The molecule has 0 fully saturated rings. The van der Waals surface area contributed by atoms with E-state index in [-0.39, 0.29) is 0 Å². The number of unbranched alkanes of at least 4 members (excludes halogenated alkanes) is 4. The fourth-order valence-corrected chi connectivity index (χ4v) is 1.35. The number of rotatable bonds is 6. The zero-order valence-electron chi connectivity index (χ0n) is 9.53. The van der Waals surface area contributed by atoms with E-state index in [9.17, 15) is 0 Å². The van der Waals surface area contributed by atoms with Gasteiger partial charge in [-0.25, -0.2) is 0 Å². The number of hydrogen-bond acceptors (Lipinski definition) is 0. The lowest BCUT2D eigenvalue weighted by Gasteiger charge is -2.00. The Hall–Kier alpha value is -0.440. The zero-order chi connectivity index (χ0) is 9.94. The molecule has 0 spiro atoms. The van der Waals surface area contributed by atoms with Crippen LogP contribution in [0.2, 0.25) is 0 Å². The van der Waals surface area contributed by atoms with Crippen molar-refractivity contribution in [3.63, 3.8) is 0 Å². The van der Waals surface area contributed by atoms with Gasteiger partial charge in [-0.2, -0.15) is 0 Å². The van der Waals surface area contributed by atoms with Gasteiger partial charge in [0.2, 0.25) is 0 Å². The molecule has 0 heterocycles. The summed E-state index contributed by atoms with van der Waals surface area (Å²) >= 11 is 0. The standard InChI is InChI=1S/C13H24/c1-4-7-8-9-10-11-12-13(5-2)6-3/h13H,4-10H2,1-3H3. The Morgan fingerprint density at radius 3 is 2.15 bits per heavy atom. The predicted molar refractivity (Wildman–Crippen MR) is 60.6 cm³/mol. The summed E-state index contributed by atoms with van der Waals surface area (Å²) in [5, 5.41) is 0. The molecule has 0 aliphatic rings. The maximum Gasteiger partial charge on any atom is 0.0197 e. The average molecular weight is 180 g/mol. The summed E-state index contributed by atoms with van der Waals surface area (Å²) in [6.45, 7) is 6.69. The monoisotopic (exact) mass is 180 g/mol. The lowest BCUT2D eigenvalue weighted by molar-refractivity contribution is 0.625. The highest BCUT2D eigenvalue weighted by atomic mass is 14.0. The molecule has 0 aliphatic carbocycles. The van der Waals surface area contributed by atoms with Crippen molar-refractivity contribution in [3.8, 4) is 11.8 Å². The summed E-state index contributed by atoms with van der Waals surface area (Å²) in [4.78, 5) is 0. The van der Waals surface area contributed by atoms with Gasteiger partial charge in [0, 0.05) is 12.3 Å². The summed E-state index contributed by atoms with van der Waals surface area (Å²) < 4.78 is 0. The van der Waals surface area contributed by atoms with Crippen LogP contribution in [-0.4, -0.2) is 0 Å². The van der Waals surface area contributed by atoms with Crippen molar-refractivity contribution in [2.75, 3.05) is 0 Å². The van der Waals surface area contributed by atoms with Crippen LogP contribution in [0.3, 0.4) is 0 Å². The van der Waals surface area contributed by atoms with Gasteiger partial charge < -0.3 is 0 Å². The maximum absolute atomic E-state index is 3.35. The van der Waals surface area contributed by atoms with Gasteiger partial charge in [-0.15, -0.1) is 5.92 Å². The molecule has 0 rings (SSSR count). The fraction of sp³-hybridized carbons (Fsp3) is 0.846. The Labute approximate surface area is 84.1 Å². The second kappa shape index (κ2) is 9.65. The molecule has 0 amide bonds. The Kier molecular flexibility index (Phi) is 9.32. The normalized spacial score (nSPS) is 9.85. The van der Waals surface area contributed by atoms with Gasteiger partial charge in [0.15, 0.2) is 0 Å². The average Bonchev–Trinajstić information content (AvgIpc) is 2.17. The Bertz CT molecular complexity index is 143. The van der Waals surface area contributed by atoms with E-state index in [1.807, 2.05) is 0 Å². The van der Waals surface area contributed by atoms with E-state index < -0.39 is 0 Å². The largest absolute Gasteiger partial charge is 0.103 e. The molecule has 0 N–H and O–H groups in total. The van der Waals surface area contributed by atoms with Gasteiger partial charge in [-0.1, -0.05) is 46.0 Å². The van der Waals surface area contributed by atoms with Gasteiger partial charge >= 0.3 is 0 Å². The highest BCUT2D eigenvalue weighted by Crippen LogP contribution is 2.06. The van der Waals surface area contributed by atoms with Crippen LogP contribution in [0.25, 0.3) is 0 Å². The summed E-state index contributed by atoms with van der Waals surface area (Å²) in [5.41, 5.74) is 0. The minimum absolute atomic E-state index is 0.645. The SMILES string of the molecule is CCCCCCC#CC(CC)CC. The van der Waals surface area contributed by atoms with E-state index in [1.54, 1.807) is 0 Å². The topological polar surface area (TPSA) is 0 Å². The quantitative estimate of drug-likeness (QED) is 0.420. The minimum atomic E-state index is 0.645. The van der Waals surface area contributed by atoms with E-state index in [1.165, 1.54) is 38.5 Å². The third kappa shape index (κ3) is 7.91. The van der Waals surface area contributed by atoms with Crippen molar-refractivity contribution >= 4 is 0 Å². The van der Waals surface area contributed by atoms with Crippen LogP contribution >= 0.6 is 0 Å². The van der Waals surface area contributed by atoms with Crippen molar-refractivity contribution in [2.45, 2.75) is 65.7 Å². The lowest BCUT2D eigenvalue weighted by atomic mass is 10.0. The highest BCUT2D eigenvalue weighted by Gasteiger charge is 1.95. The van der Waals surface area contributed by atoms with Gasteiger partial charge in [0.05, 0.1) is 0 Å². The second-order valence-corrected chi connectivity index (χ2v) is 3.65. The molecule has 0 aromatic rings. The molecule has 0 unspecified atom stereocenters. The molecule has 0 aromatic heterocycles. The van der Waals surface area contributed by atoms with E-state index in [2.05, 4.69) is 32.6 Å². The molecule has 0 atom stereocenters. The number of hydrogen-bond donors (Lipinski definition) is 0. The lowest BCUT2D eigenvalue weighted by Crippen LogP contribution is -1.90. The van der Waals surface area contributed by atoms with Crippen LogP contribution in [-0.2, 0) is 0 Å². The molecule has 0 radical (unpaired) electrons. The first-order valence-corrected chi connectivity index (χ1v) is 5.83. The summed E-state index contributed by atoms with van der Waals surface area (Å²) in [5.74, 6) is 7.29. The van der Waals surface area contributed by atoms with Gasteiger partial charge in [0.25, 0.3) is 0 Å². The summed E-state index contributed by atoms with van der Waals surface area (Å²) in [6.07, 6.45) is 8.86. The first-order chi connectivity index (χ1) is 6.35. The molecule has 0 aromatic carbocycles. The summed E-state index contributed by atoms with van der Waals surface area (Å²) in [7, 11) is 0. The van der Waals surface area contributed by atoms with Gasteiger partial charge in [-0.05, 0) is 19.3 Å². The molecule has 0 saturated heterocycles. The highest BCUT2D eigenvalue weighted by molar-refractivity contribution is 5.02. The van der Waals surface area contributed by atoms with Crippen LogP contribution in [0, 0.1) is 17.8 Å². The van der Waals surface area contributed by atoms with Crippen molar-refractivity contribution in [1.82, 2.24) is 0 Å². The predicted octanol–water partition coefficient (Wildman–Crippen LogP) is 4.40. The molecular formula is C13H24.